The molecule has 2 rings (SSSR count). The number of halogens is 2. The lowest BCUT2D eigenvalue weighted by Gasteiger charge is -2.11. The largest absolute Gasteiger partial charge is 0.495 e. The molecule has 0 aliphatic rings. The number of carbonyl (C=O) groups is 1. The highest BCUT2D eigenvalue weighted by molar-refractivity contribution is 9.11. The molecule has 1 aromatic heterocycles. The number of methoxy groups -OCH3 is 1. The van der Waals surface area contributed by atoms with Gasteiger partial charge in [-0.05, 0) is 44.8 Å². The number of nitrogens with one attached hydrogen (secondary N) is 2. The van der Waals surface area contributed by atoms with Crippen molar-refractivity contribution in [2.75, 3.05) is 18.2 Å². The third-order valence-corrected chi connectivity index (χ3v) is 3.97. The highest BCUT2D eigenvalue weighted by Crippen LogP contribution is 2.34. The second-order valence-corrected chi connectivity index (χ2v) is 5.74. The van der Waals surface area contributed by atoms with Gasteiger partial charge in [-0.25, -0.2) is 0 Å². The molecule has 1 aromatic carbocycles. The Hall–Kier alpha value is -1.54. The van der Waals surface area contributed by atoms with E-state index in [0.717, 1.165) is 8.95 Å². The minimum absolute atomic E-state index is 0.167. The molecule has 6 nitrogen and oxygen atoms in total. The molecular formula is C12H12Br2N4O2. The van der Waals surface area contributed by atoms with Crippen molar-refractivity contribution in [3.05, 3.63) is 32.3 Å². The number of aryl methyl sites for hydroxylation is 1. The first-order valence-corrected chi connectivity index (χ1v) is 7.17. The fourth-order valence-electron chi connectivity index (χ4n) is 1.70. The molecule has 0 saturated carbocycles. The van der Waals surface area contributed by atoms with Crippen molar-refractivity contribution in [3.8, 4) is 5.75 Å². The molecule has 0 aliphatic heterocycles. The molecule has 0 saturated heterocycles. The maximum absolute atomic E-state index is 12.2. The monoisotopic (exact) mass is 402 g/mol. The molecule has 0 bridgehead atoms. The predicted molar refractivity (Wildman–Crippen MR) is 84.1 cm³/mol. The molecule has 106 valence electrons. The number of nitrogen functional groups attached to an aromatic ring is 1. The molecule has 0 fully saturated rings. The number of aromatic nitrogens is 2. The van der Waals surface area contributed by atoms with Crippen molar-refractivity contribution in [1.29, 1.82) is 0 Å². The molecule has 0 spiro atoms. The Morgan fingerprint density at radius 1 is 1.40 bits per heavy atom. The maximum atomic E-state index is 12.2. The first-order valence-electron chi connectivity index (χ1n) is 5.59. The van der Waals surface area contributed by atoms with E-state index in [2.05, 4.69) is 47.4 Å². The lowest BCUT2D eigenvalue weighted by atomic mass is 10.2. The zero-order valence-electron chi connectivity index (χ0n) is 10.8. The third-order valence-electron chi connectivity index (χ3n) is 2.69. The van der Waals surface area contributed by atoms with E-state index in [9.17, 15) is 4.79 Å². The van der Waals surface area contributed by atoms with Crippen molar-refractivity contribution in [2.24, 2.45) is 0 Å². The summed E-state index contributed by atoms with van der Waals surface area (Å²) in [7, 11) is 1.55. The highest BCUT2D eigenvalue weighted by Gasteiger charge is 2.18. The summed E-state index contributed by atoms with van der Waals surface area (Å²) in [6.07, 6.45) is 0. The molecule has 2 aromatic rings. The summed E-state index contributed by atoms with van der Waals surface area (Å²) < 4.78 is 6.70. The number of nitrogens with two attached hydrogens (primary N) is 1. The molecule has 0 radical (unpaired) electrons. The van der Waals surface area contributed by atoms with Gasteiger partial charge in [0.15, 0.2) is 5.82 Å². The molecule has 8 heteroatoms. The topological polar surface area (TPSA) is 93.0 Å². The van der Waals surface area contributed by atoms with E-state index in [1.807, 2.05) is 0 Å². The lowest BCUT2D eigenvalue weighted by molar-refractivity contribution is 0.102. The minimum Gasteiger partial charge on any atom is -0.495 e. The SMILES string of the molecule is COc1cc(NC(=O)c2c(N)n[nH]c2C)c(Br)cc1Br. The third kappa shape index (κ3) is 2.80. The number of anilines is 2. The summed E-state index contributed by atoms with van der Waals surface area (Å²) in [4.78, 5) is 12.2. The lowest BCUT2D eigenvalue weighted by Crippen LogP contribution is -2.14. The van der Waals surface area contributed by atoms with Crippen LogP contribution in [0.2, 0.25) is 0 Å². The number of H-pyrrole nitrogens is 1. The Balaban J connectivity index is 2.33. The van der Waals surface area contributed by atoms with Crippen LogP contribution >= 0.6 is 31.9 Å². The molecule has 0 unspecified atom stereocenters. The number of nitrogens with zero attached hydrogens (tertiary/aromatic N) is 1. The summed E-state index contributed by atoms with van der Waals surface area (Å²) in [5.74, 6) is 0.444. The van der Waals surface area contributed by atoms with E-state index in [1.165, 1.54) is 0 Å². The number of benzene rings is 1. The summed E-state index contributed by atoms with van der Waals surface area (Å²) in [6.45, 7) is 1.73. The van der Waals surface area contributed by atoms with Crippen molar-refractivity contribution in [3.63, 3.8) is 0 Å². The number of rotatable bonds is 3. The van der Waals surface area contributed by atoms with Gasteiger partial charge < -0.3 is 15.8 Å². The minimum atomic E-state index is -0.334. The molecule has 1 heterocycles. The Morgan fingerprint density at radius 2 is 2.10 bits per heavy atom. The van der Waals surface area contributed by atoms with Gasteiger partial charge in [-0.15, -0.1) is 0 Å². The predicted octanol–water partition coefficient (Wildman–Crippen LogP) is 3.09. The van der Waals surface area contributed by atoms with Crippen LogP contribution < -0.4 is 15.8 Å². The maximum Gasteiger partial charge on any atom is 0.261 e. The zero-order valence-corrected chi connectivity index (χ0v) is 13.9. The van der Waals surface area contributed by atoms with Gasteiger partial charge in [0, 0.05) is 16.2 Å². The van der Waals surface area contributed by atoms with Crippen LogP contribution in [0, 0.1) is 6.92 Å². The first kappa shape index (κ1) is 14.9. The Labute approximate surface area is 132 Å². The zero-order chi connectivity index (χ0) is 14.9. The van der Waals surface area contributed by atoms with E-state index in [-0.39, 0.29) is 11.7 Å². The number of hydrogen-bond acceptors (Lipinski definition) is 4. The van der Waals surface area contributed by atoms with Gasteiger partial charge in [0.1, 0.15) is 11.3 Å². The fraction of sp³-hybridized carbons (Fsp3) is 0.167. The van der Waals surface area contributed by atoms with Crippen molar-refractivity contribution < 1.29 is 9.53 Å². The van der Waals surface area contributed by atoms with Crippen LogP contribution in [0.3, 0.4) is 0 Å². The van der Waals surface area contributed by atoms with Gasteiger partial charge in [0.05, 0.1) is 17.3 Å². The quantitative estimate of drug-likeness (QED) is 0.733. The Morgan fingerprint density at radius 3 is 2.65 bits per heavy atom. The van der Waals surface area contributed by atoms with Crippen LogP contribution in [0.25, 0.3) is 0 Å². The van der Waals surface area contributed by atoms with Crippen LogP contribution in [0.5, 0.6) is 5.75 Å². The molecule has 4 N–H and O–H groups in total. The summed E-state index contributed by atoms with van der Waals surface area (Å²) >= 11 is 6.75. The molecule has 0 aliphatic carbocycles. The highest BCUT2D eigenvalue weighted by atomic mass is 79.9. The van der Waals surface area contributed by atoms with Gasteiger partial charge >= 0.3 is 0 Å². The fourth-order valence-corrected chi connectivity index (χ4v) is 2.96. The number of ether oxygens (including phenoxy) is 1. The van der Waals surface area contributed by atoms with Gasteiger partial charge in [-0.2, -0.15) is 5.10 Å². The average Bonchev–Trinajstić information content (AvgIpc) is 2.72. The van der Waals surface area contributed by atoms with Crippen LogP contribution in [0.15, 0.2) is 21.1 Å². The van der Waals surface area contributed by atoms with Crippen LogP contribution in [-0.4, -0.2) is 23.2 Å². The van der Waals surface area contributed by atoms with Gasteiger partial charge in [-0.3, -0.25) is 9.89 Å². The second-order valence-electron chi connectivity index (χ2n) is 4.03. The normalized spacial score (nSPS) is 10.4. The molecule has 1 amide bonds. The van der Waals surface area contributed by atoms with E-state index in [0.29, 0.717) is 22.7 Å². The van der Waals surface area contributed by atoms with Crippen LogP contribution in [-0.2, 0) is 0 Å². The average molecular weight is 404 g/mol. The number of hydrogen-bond donors (Lipinski definition) is 3. The summed E-state index contributed by atoms with van der Waals surface area (Å²) in [5, 5.41) is 9.24. The van der Waals surface area contributed by atoms with Crippen molar-refractivity contribution in [2.45, 2.75) is 6.92 Å². The Kier molecular flexibility index (Phi) is 4.34. The Bertz CT molecular complexity index is 650. The van der Waals surface area contributed by atoms with Crippen molar-refractivity contribution in [1.82, 2.24) is 10.2 Å². The van der Waals surface area contributed by atoms with Crippen LogP contribution in [0.4, 0.5) is 11.5 Å². The van der Waals surface area contributed by atoms with Gasteiger partial charge in [0.25, 0.3) is 5.91 Å². The summed E-state index contributed by atoms with van der Waals surface area (Å²) in [6, 6.07) is 3.50. The van der Waals surface area contributed by atoms with E-state index < -0.39 is 0 Å². The number of carbonyl (C=O) groups excluding carboxylic acids is 1. The van der Waals surface area contributed by atoms with Crippen molar-refractivity contribution >= 4 is 49.3 Å². The first-order chi connectivity index (χ1) is 9.43. The van der Waals surface area contributed by atoms with Gasteiger partial charge in [0.2, 0.25) is 0 Å². The molecule has 20 heavy (non-hydrogen) atoms. The summed E-state index contributed by atoms with van der Waals surface area (Å²) in [5.41, 5.74) is 7.19. The van der Waals surface area contributed by atoms with Gasteiger partial charge in [-0.1, -0.05) is 0 Å². The van der Waals surface area contributed by atoms with E-state index in [4.69, 9.17) is 10.5 Å². The molecular weight excluding hydrogens is 392 g/mol. The van der Waals surface area contributed by atoms with E-state index in [1.54, 1.807) is 26.2 Å². The number of amides is 1. The smallest absolute Gasteiger partial charge is 0.261 e. The second kappa shape index (κ2) is 5.84. The van der Waals surface area contributed by atoms with Crippen LogP contribution in [0.1, 0.15) is 16.1 Å². The number of aromatic amines is 1. The van der Waals surface area contributed by atoms with E-state index >= 15 is 0 Å². The standard InChI is InChI=1S/C12H12Br2N4O2/c1-5-10(11(15)18-17-5)12(19)16-8-4-9(20-2)7(14)3-6(8)13/h3-4H,1-2H3,(H,16,19)(H3,15,17,18). The molecule has 0 atom stereocenters.